The molecule has 3 rings (SSSR count). The van der Waals surface area contributed by atoms with Crippen molar-refractivity contribution < 1.29 is 9.53 Å². The Labute approximate surface area is 141 Å². The lowest BCUT2D eigenvalue weighted by atomic mass is 10.1. The molecule has 0 bridgehead atoms. The number of carbonyl (C=O) groups excluding carboxylic acids is 1. The van der Waals surface area contributed by atoms with E-state index in [0.29, 0.717) is 13.1 Å². The Kier molecular flexibility index (Phi) is 4.91. The zero-order valence-electron chi connectivity index (χ0n) is 13.9. The number of hydrogen-bond acceptors (Lipinski definition) is 3. The molecule has 5 heteroatoms. The minimum absolute atomic E-state index is 0.134. The van der Waals surface area contributed by atoms with Crippen molar-refractivity contribution in [2.24, 2.45) is 0 Å². The number of rotatable bonds is 6. The van der Waals surface area contributed by atoms with Gasteiger partial charge >= 0.3 is 0 Å². The van der Waals surface area contributed by atoms with Crippen molar-refractivity contribution in [1.82, 2.24) is 14.9 Å². The zero-order chi connectivity index (χ0) is 16.9. The van der Waals surface area contributed by atoms with Crippen molar-refractivity contribution in [2.75, 3.05) is 13.7 Å². The molecule has 0 aliphatic rings. The first kappa shape index (κ1) is 16.2. The van der Waals surface area contributed by atoms with Gasteiger partial charge in [0.2, 0.25) is 0 Å². The Morgan fingerprint density at radius 1 is 1.17 bits per heavy atom. The normalized spacial score (nSPS) is 12.2. The van der Waals surface area contributed by atoms with Crippen LogP contribution in [0.3, 0.4) is 0 Å². The average molecular weight is 323 g/mol. The predicted octanol–water partition coefficient (Wildman–Crippen LogP) is 2.85. The zero-order valence-corrected chi connectivity index (χ0v) is 13.9. The molecule has 1 unspecified atom stereocenters. The highest BCUT2D eigenvalue weighted by Gasteiger charge is 2.19. The fourth-order valence-electron chi connectivity index (χ4n) is 2.88. The van der Waals surface area contributed by atoms with E-state index in [9.17, 15) is 4.79 Å². The fourth-order valence-corrected chi connectivity index (χ4v) is 2.88. The van der Waals surface area contributed by atoms with Gasteiger partial charge in [-0.25, -0.2) is 4.98 Å². The van der Waals surface area contributed by atoms with Crippen molar-refractivity contribution in [1.29, 1.82) is 0 Å². The molecule has 1 heterocycles. The molecule has 0 spiro atoms. The number of imidazole rings is 1. The maximum Gasteiger partial charge on any atom is 0.253 e. The molecule has 1 atom stereocenters. The average Bonchev–Trinajstić information content (AvgIpc) is 2.92. The van der Waals surface area contributed by atoms with Crippen LogP contribution in [-0.2, 0) is 16.1 Å². The van der Waals surface area contributed by atoms with E-state index in [4.69, 9.17) is 4.74 Å². The molecule has 24 heavy (non-hydrogen) atoms. The number of hydrogen-bond donors (Lipinski definition) is 1. The number of ether oxygens (including phenoxy) is 1. The largest absolute Gasteiger partial charge is 0.367 e. The van der Waals surface area contributed by atoms with Crippen molar-refractivity contribution in [3.8, 4) is 0 Å². The lowest BCUT2D eigenvalue weighted by molar-refractivity contribution is -0.131. The van der Waals surface area contributed by atoms with Gasteiger partial charge in [0.05, 0.1) is 11.0 Å². The Bertz CT molecular complexity index is 827. The number of fused-ring (bicyclic) bond motifs is 1. The van der Waals surface area contributed by atoms with Gasteiger partial charge in [0.15, 0.2) is 6.10 Å². The van der Waals surface area contributed by atoms with E-state index in [1.54, 1.807) is 7.11 Å². The van der Waals surface area contributed by atoms with Crippen molar-refractivity contribution in [3.05, 3.63) is 66.0 Å². The van der Waals surface area contributed by atoms with Gasteiger partial charge in [-0.3, -0.25) is 4.79 Å². The molecule has 0 radical (unpaired) electrons. The highest BCUT2D eigenvalue weighted by atomic mass is 16.5. The second kappa shape index (κ2) is 7.27. The highest BCUT2D eigenvalue weighted by molar-refractivity contribution is 5.82. The van der Waals surface area contributed by atoms with E-state index >= 15 is 0 Å². The summed E-state index contributed by atoms with van der Waals surface area (Å²) in [7, 11) is 1.55. The molecule has 3 aromatic rings. The summed E-state index contributed by atoms with van der Waals surface area (Å²) in [5, 5.41) is 2.95. The monoisotopic (exact) mass is 323 g/mol. The number of aromatic nitrogens is 2. The number of benzene rings is 2. The van der Waals surface area contributed by atoms with Gasteiger partial charge in [0, 0.05) is 20.2 Å². The molecule has 0 aliphatic heterocycles. The summed E-state index contributed by atoms with van der Waals surface area (Å²) in [5.41, 5.74) is 2.90. The lowest BCUT2D eigenvalue weighted by Gasteiger charge is -2.16. The molecular formula is C19H21N3O2. The van der Waals surface area contributed by atoms with Gasteiger partial charge in [0.1, 0.15) is 5.82 Å². The summed E-state index contributed by atoms with van der Waals surface area (Å²) in [6.07, 6.45) is -0.591. The molecule has 0 aliphatic carbocycles. The van der Waals surface area contributed by atoms with Crippen LogP contribution in [0.5, 0.6) is 0 Å². The molecule has 1 amide bonds. The third-order valence-corrected chi connectivity index (χ3v) is 4.06. The van der Waals surface area contributed by atoms with E-state index in [2.05, 4.69) is 14.9 Å². The second-order valence-electron chi connectivity index (χ2n) is 5.62. The number of amides is 1. The summed E-state index contributed by atoms with van der Waals surface area (Å²) >= 11 is 0. The van der Waals surface area contributed by atoms with Crippen LogP contribution < -0.4 is 5.32 Å². The van der Waals surface area contributed by atoms with Gasteiger partial charge in [-0.1, -0.05) is 42.5 Å². The number of carbonyl (C=O) groups is 1. The smallest absolute Gasteiger partial charge is 0.253 e. The van der Waals surface area contributed by atoms with E-state index in [1.165, 1.54) is 0 Å². The van der Waals surface area contributed by atoms with Crippen LogP contribution in [0.1, 0.15) is 17.5 Å². The minimum atomic E-state index is -0.591. The molecule has 2 aromatic carbocycles. The first-order chi connectivity index (χ1) is 11.7. The van der Waals surface area contributed by atoms with Crippen LogP contribution >= 0.6 is 0 Å². The molecule has 1 aromatic heterocycles. The van der Waals surface area contributed by atoms with Crippen molar-refractivity contribution in [2.45, 2.75) is 19.6 Å². The first-order valence-electron chi connectivity index (χ1n) is 7.98. The molecule has 5 nitrogen and oxygen atoms in total. The molecular weight excluding hydrogens is 302 g/mol. The van der Waals surface area contributed by atoms with Crippen LogP contribution in [0.25, 0.3) is 11.0 Å². The molecule has 0 fully saturated rings. The van der Waals surface area contributed by atoms with Gasteiger partial charge in [-0.05, 0) is 24.6 Å². The third kappa shape index (κ3) is 3.31. The predicted molar refractivity (Wildman–Crippen MR) is 93.7 cm³/mol. The van der Waals surface area contributed by atoms with Gasteiger partial charge in [-0.15, -0.1) is 0 Å². The molecule has 124 valence electrons. The molecule has 0 saturated heterocycles. The summed E-state index contributed by atoms with van der Waals surface area (Å²) < 4.78 is 7.46. The Hall–Kier alpha value is -2.66. The Balaban J connectivity index is 1.65. The quantitative estimate of drug-likeness (QED) is 0.759. The molecule has 0 saturated carbocycles. The standard InChI is InChI=1S/C19H21N3O2/c1-14-21-16-10-6-7-11-17(16)22(14)13-12-20-19(23)18(24-2)15-8-4-3-5-9-15/h3-11,18H,12-13H2,1-2H3,(H,20,23). The highest BCUT2D eigenvalue weighted by Crippen LogP contribution is 2.17. The second-order valence-corrected chi connectivity index (χ2v) is 5.62. The van der Waals surface area contributed by atoms with Crippen molar-refractivity contribution >= 4 is 16.9 Å². The number of nitrogens with zero attached hydrogens (tertiary/aromatic N) is 2. The van der Waals surface area contributed by atoms with Crippen molar-refractivity contribution in [3.63, 3.8) is 0 Å². The van der Waals surface area contributed by atoms with Crippen LogP contribution in [0.15, 0.2) is 54.6 Å². The van der Waals surface area contributed by atoms with Crippen LogP contribution in [-0.4, -0.2) is 29.1 Å². The maximum atomic E-state index is 12.4. The summed E-state index contributed by atoms with van der Waals surface area (Å²) in [5.74, 6) is 0.808. The topological polar surface area (TPSA) is 56.1 Å². The minimum Gasteiger partial charge on any atom is -0.367 e. The fraction of sp³-hybridized carbons (Fsp3) is 0.263. The van der Waals surface area contributed by atoms with Crippen LogP contribution in [0.2, 0.25) is 0 Å². The van der Waals surface area contributed by atoms with Gasteiger partial charge < -0.3 is 14.6 Å². The van der Waals surface area contributed by atoms with E-state index in [1.807, 2.05) is 61.5 Å². The van der Waals surface area contributed by atoms with Gasteiger partial charge in [-0.2, -0.15) is 0 Å². The summed E-state index contributed by atoms with van der Waals surface area (Å²) in [4.78, 5) is 16.9. The molecule has 1 N–H and O–H groups in total. The lowest BCUT2D eigenvalue weighted by Crippen LogP contribution is -2.32. The van der Waals surface area contributed by atoms with E-state index < -0.39 is 6.10 Å². The van der Waals surface area contributed by atoms with Gasteiger partial charge in [0.25, 0.3) is 5.91 Å². The van der Waals surface area contributed by atoms with Crippen LogP contribution in [0.4, 0.5) is 0 Å². The third-order valence-electron chi connectivity index (χ3n) is 4.06. The number of methoxy groups -OCH3 is 1. The number of nitrogens with one attached hydrogen (secondary N) is 1. The number of aryl methyl sites for hydroxylation is 1. The SMILES string of the molecule is COC(C(=O)NCCn1c(C)nc2ccccc21)c1ccccc1. The Morgan fingerprint density at radius 3 is 2.62 bits per heavy atom. The number of para-hydroxylation sites is 2. The maximum absolute atomic E-state index is 12.4. The van der Waals surface area contributed by atoms with E-state index in [0.717, 1.165) is 22.4 Å². The van der Waals surface area contributed by atoms with E-state index in [-0.39, 0.29) is 5.91 Å². The summed E-state index contributed by atoms with van der Waals surface area (Å²) in [6, 6.07) is 17.5. The van der Waals surface area contributed by atoms with Crippen LogP contribution in [0, 0.1) is 6.92 Å². The first-order valence-corrected chi connectivity index (χ1v) is 7.98. The summed E-state index contributed by atoms with van der Waals surface area (Å²) in [6.45, 7) is 3.17. The Morgan fingerprint density at radius 2 is 1.88 bits per heavy atom.